The topological polar surface area (TPSA) is 83.5 Å². The Balaban J connectivity index is 2.07. The van der Waals surface area contributed by atoms with Crippen LogP contribution in [0.3, 0.4) is 0 Å². The maximum absolute atomic E-state index is 12.6. The Morgan fingerprint density at radius 2 is 1.79 bits per heavy atom. The summed E-state index contributed by atoms with van der Waals surface area (Å²) in [5.74, 6) is -1.13. The molecule has 126 valence electrons. The zero-order chi connectivity index (χ0) is 17.3. The summed E-state index contributed by atoms with van der Waals surface area (Å²) in [7, 11) is -3.97. The smallest absolute Gasteiger partial charge is 0.338 e. The number of aryl methyl sites for hydroxylation is 1. The molecule has 0 bridgehead atoms. The highest BCUT2D eigenvalue weighted by Crippen LogP contribution is 2.32. The van der Waals surface area contributed by atoms with Gasteiger partial charge in [-0.1, -0.05) is 29.8 Å². The van der Waals surface area contributed by atoms with Crippen LogP contribution >= 0.6 is 11.6 Å². The molecule has 1 aliphatic rings. The van der Waals surface area contributed by atoms with Crippen LogP contribution in [0.5, 0.6) is 0 Å². The lowest BCUT2D eigenvalue weighted by Gasteiger charge is -2.21. The first-order valence-corrected chi connectivity index (χ1v) is 9.41. The minimum Gasteiger partial charge on any atom is -0.478 e. The zero-order valence-corrected chi connectivity index (χ0v) is 14.3. The molecule has 0 unspecified atom stereocenters. The highest BCUT2D eigenvalue weighted by atomic mass is 35.5. The second-order valence-corrected chi connectivity index (χ2v) is 7.73. The van der Waals surface area contributed by atoms with Crippen molar-refractivity contribution >= 4 is 33.3 Å². The second kappa shape index (κ2) is 6.45. The van der Waals surface area contributed by atoms with Crippen molar-refractivity contribution in [3.63, 3.8) is 0 Å². The Labute approximate surface area is 145 Å². The Hall–Kier alpha value is -2.05. The molecule has 5 nitrogen and oxygen atoms in total. The first-order valence-electron chi connectivity index (χ1n) is 7.55. The minimum absolute atomic E-state index is 0.0304. The quantitative estimate of drug-likeness (QED) is 0.864. The number of carbonyl (C=O) groups is 1. The van der Waals surface area contributed by atoms with E-state index in [1.165, 1.54) is 18.2 Å². The van der Waals surface area contributed by atoms with E-state index in [1.807, 2.05) is 0 Å². The first-order chi connectivity index (χ1) is 11.4. The molecule has 0 radical (unpaired) electrons. The van der Waals surface area contributed by atoms with Gasteiger partial charge in [0, 0.05) is 0 Å². The van der Waals surface area contributed by atoms with Crippen LogP contribution in [0.25, 0.3) is 0 Å². The summed E-state index contributed by atoms with van der Waals surface area (Å²) in [6.07, 6.45) is 3.36. The number of carboxylic acid groups (broad SMARTS) is 1. The van der Waals surface area contributed by atoms with Gasteiger partial charge in [0.1, 0.15) is 4.90 Å². The molecule has 0 fully saturated rings. The van der Waals surface area contributed by atoms with Crippen LogP contribution < -0.4 is 4.72 Å². The van der Waals surface area contributed by atoms with Crippen molar-refractivity contribution in [2.24, 2.45) is 0 Å². The van der Waals surface area contributed by atoms with Crippen LogP contribution in [0, 0.1) is 0 Å². The molecule has 0 atom stereocenters. The standard InChI is InChI=1S/C17H16ClNO4S/c18-13-7-3-4-8-15(13)24(22,23)19-14-10-9-11-5-1-2-6-12(11)16(14)17(20)21/h3-4,7-10,19H,1-2,5-6H2,(H,20,21). The molecule has 0 aromatic heterocycles. The minimum atomic E-state index is -3.97. The predicted octanol–water partition coefficient (Wildman–Crippen LogP) is 3.72. The molecule has 2 aromatic rings. The van der Waals surface area contributed by atoms with Gasteiger partial charge >= 0.3 is 5.97 Å². The summed E-state index contributed by atoms with van der Waals surface area (Å²) in [6, 6.07) is 9.35. The van der Waals surface area contributed by atoms with E-state index in [1.54, 1.807) is 18.2 Å². The van der Waals surface area contributed by atoms with Gasteiger partial charge in [0.15, 0.2) is 0 Å². The SMILES string of the molecule is O=C(O)c1c(NS(=O)(=O)c2ccccc2Cl)ccc2c1CCCC2. The van der Waals surface area contributed by atoms with Gasteiger partial charge in [-0.3, -0.25) is 4.72 Å². The van der Waals surface area contributed by atoms with Gasteiger partial charge in [-0.15, -0.1) is 0 Å². The third-order valence-electron chi connectivity index (χ3n) is 4.12. The number of hydrogen-bond donors (Lipinski definition) is 2. The zero-order valence-electron chi connectivity index (χ0n) is 12.8. The molecular weight excluding hydrogens is 350 g/mol. The van der Waals surface area contributed by atoms with Gasteiger partial charge in [0.25, 0.3) is 10.0 Å². The predicted molar refractivity (Wildman–Crippen MR) is 92.3 cm³/mol. The molecule has 0 saturated heterocycles. The Bertz CT molecular complexity index is 909. The van der Waals surface area contributed by atoms with Crippen molar-refractivity contribution in [1.29, 1.82) is 0 Å². The van der Waals surface area contributed by atoms with Crippen LogP contribution in [-0.4, -0.2) is 19.5 Å². The van der Waals surface area contributed by atoms with E-state index < -0.39 is 16.0 Å². The average molecular weight is 366 g/mol. The molecular formula is C17H16ClNO4S. The molecule has 0 aliphatic heterocycles. The van der Waals surface area contributed by atoms with Crippen LogP contribution in [-0.2, 0) is 22.9 Å². The fourth-order valence-corrected chi connectivity index (χ4v) is 4.61. The van der Waals surface area contributed by atoms with Crippen LogP contribution in [0.4, 0.5) is 5.69 Å². The van der Waals surface area contributed by atoms with Gasteiger partial charge in [0.05, 0.1) is 16.3 Å². The van der Waals surface area contributed by atoms with Crippen LogP contribution in [0.15, 0.2) is 41.3 Å². The summed E-state index contributed by atoms with van der Waals surface area (Å²) in [5.41, 5.74) is 1.79. The van der Waals surface area contributed by atoms with Gasteiger partial charge in [0.2, 0.25) is 0 Å². The van der Waals surface area contributed by atoms with Crippen molar-refractivity contribution < 1.29 is 18.3 Å². The highest BCUT2D eigenvalue weighted by molar-refractivity contribution is 7.92. The number of halogens is 1. The van der Waals surface area contributed by atoms with E-state index in [0.717, 1.165) is 24.8 Å². The Kier molecular flexibility index (Phi) is 4.51. The summed E-state index contributed by atoms with van der Waals surface area (Å²) in [4.78, 5) is 11.6. The Morgan fingerprint density at radius 1 is 1.08 bits per heavy atom. The van der Waals surface area contributed by atoms with Gasteiger partial charge in [-0.2, -0.15) is 0 Å². The molecule has 24 heavy (non-hydrogen) atoms. The number of anilines is 1. The summed E-state index contributed by atoms with van der Waals surface area (Å²) in [6.45, 7) is 0. The molecule has 0 amide bonds. The van der Waals surface area contributed by atoms with E-state index in [9.17, 15) is 18.3 Å². The van der Waals surface area contributed by atoms with Gasteiger partial charge in [-0.05, 0) is 55.0 Å². The molecule has 1 aliphatic carbocycles. The summed E-state index contributed by atoms with van der Waals surface area (Å²) in [5, 5.41) is 9.67. The number of fused-ring (bicyclic) bond motifs is 1. The third kappa shape index (κ3) is 3.12. The van der Waals surface area contributed by atoms with E-state index in [0.29, 0.717) is 12.0 Å². The van der Waals surface area contributed by atoms with Crippen molar-refractivity contribution in [1.82, 2.24) is 0 Å². The van der Waals surface area contributed by atoms with E-state index in [4.69, 9.17) is 11.6 Å². The lowest BCUT2D eigenvalue weighted by Crippen LogP contribution is -2.19. The van der Waals surface area contributed by atoms with Gasteiger partial charge in [-0.25, -0.2) is 13.2 Å². The fourth-order valence-electron chi connectivity index (χ4n) is 3.02. The lowest BCUT2D eigenvalue weighted by molar-refractivity contribution is 0.0696. The molecule has 0 saturated carbocycles. The molecule has 0 heterocycles. The highest BCUT2D eigenvalue weighted by Gasteiger charge is 2.25. The van der Waals surface area contributed by atoms with Crippen LogP contribution in [0.2, 0.25) is 5.02 Å². The molecule has 7 heteroatoms. The van der Waals surface area contributed by atoms with Crippen molar-refractivity contribution in [3.05, 3.63) is 58.1 Å². The maximum atomic E-state index is 12.6. The number of rotatable bonds is 4. The summed E-state index contributed by atoms with van der Waals surface area (Å²) >= 11 is 5.96. The van der Waals surface area contributed by atoms with Crippen molar-refractivity contribution in [2.45, 2.75) is 30.6 Å². The average Bonchev–Trinajstić information content (AvgIpc) is 2.54. The van der Waals surface area contributed by atoms with Gasteiger partial charge < -0.3 is 5.11 Å². The molecule has 3 rings (SSSR count). The van der Waals surface area contributed by atoms with E-state index >= 15 is 0 Å². The summed E-state index contributed by atoms with van der Waals surface area (Å²) < 4.78 is 27.5. The molecule has 2 N–H and O–H groups in total. The van der Waals surface area contributed by atoms with E-state index in [-0.39, 0.29) is 21.2 Å². The number of aromatic carboxylic acids is 1. The number of sulfonamides is 1. The van der Waals surface area contributed by atoms with Crippen molar-refractivity contribution in [3.8, 4) is 0 Å². The number of benzene rings is 2. The van der Waals surface area contributed by atoms with Crippen LogP contribution in [0.1, 0.15) is 34.3 Å². The first kappa shape index (κ1) is 16.8. The third-order valence-corrected chi connectivity index (χ3v) is 5.98. The molecule has 0 spiro atoms. The number of carboxylic acids is 1. The van der Waals surface area contributed by atoms with E-state index in [2.05, 4.69) is 4.72 Å². The maximum Gasteiger partial charge on any atom is 0.338 e. The molecule has 2 aromatic carbocycles. The normalized spacial score (nSPS) is 14.0. The Morgan fingerprint density at radius 3 is 2.50 bits per heavy atom. The second-order valence-electron chi connectivity index (χ2n) is 5.67. The monoisotopic (exact) mass is 365 g/mol. The fraction of sp³-hybridized carbons (Fsp3) is 0.235. The largest absolute Gasteiger partial charge is 0.478 e. The number of nitrogens with one attached hydrogen (secondary N) is 1. The van der Waals surface area contributed by atoms with Crippen molar-refractivity contribution in [2.75, 3.05) is 4.72 Å². The lowest BCUT2D eigenvalue weighted by atomic mass is 9.87. The number of hydrogen-bond acceptors (Lipinski definition) is 3.